The molecule has 2 N–H and O–H groups in total. The van der Waals surface area contributed by atoms with Crippen LogP contribution in [0.15, 0.2) is 0 Å². The van der Waals surface area contributed by atoms with Gasteiger partial charge in [-0.3, -0.25) is 4.79 Å². The van der Waals surface area contributed by atoms with E-state index in [1.165, 1.54) is 0 Å². The number of hydrogen-bond donors (Lipinski definition) is 2. The summed E-state index contributed by atoms with van der Waals surface area (Å²) in [6.07, 6.45) is 0.824. The van der Waals surface area contributed by atoms with Crippen LogP contribution in [0, 0.1) is 11.8 Å². The number of esters is 1. The molecule has 1 unspecified atom stereocenters. The van der Waals surface area contributed by atoms with Crippen molar-refractivity contribution >= 4 is 11.9 Å². The van der Waals surface area contributed by atoms with Crippen molar-refractivity contribution in [2.75, 3.05) is 13.1 Å². The molecule has 5 heteroatoms. The highest BCUT2D eigenvalue weighted by Gasteiger charge is 2.32. The van der Waals surface area contributed by atoms with E-state index in [2.05, 4.69) is 10.6 Å². The molecular formula is C14H26N2O3. The lowest BCUT2D eigenvalue weighted by atomic mass is 10.0. The minimum Gasteiger partial charge on any atom is -0.458 e. The Morgan fingerprint density at radius 2 is 1.95 bits per heavy atom. The number of hydrogen-bond acceptors (Lipinski definition) is 4. The van der Waals surface area contributed by atoms with E-state index in [9.17, 15) is 9.59 Å². The van der Waals surface area contributed by atoms with E-state index >= 15 is 0 Å². The molecule has 2 atom stereocenters. The van der Waals surface area contributed by atoms with Gasteiger partial charge < -0.3 is 15.4 Å². The Labute approximate surface area is 115 Å². The molecule has 1 saturated heterocycles. The Bertz CT molecular complexity index is 328. The third kappa shape index (κ3) is 5.19. The average molecular weight is 270 g/mol. The summed E-state index contributed by atoms with van der Waals surface area (Å²) >= 11 is 0. The number of carbonyl (C=O) groups excluding carboxylic acids is 2. The molecule has 1 fully saturated rings. The predicted molar refractivity (Wildman–Crippen MR) is 73.6 cm³/mol. The minimum absolute atomic E-state index is 0.00756. The van der Waals surface area contributed by atoms with Crippen molar-refractivity contribution in [2.24, 2.45) is 11.8 Å². The lowest BCUT2D eigenvalue weighted by Crippen LogP contribution is -2.49. The van der Waals surface area contributed by atoms with Crippen molar-refractivity contribution in [2.45, 2.75) is 52.7 Å². The Morgan fingerprint density at radius 3 is 2.37 bits per heavy atom. The van der Waals surface area contributed by atoms with Crippen molar-refractivity contribution in [3.8, 4) is 0 Å². The first-order chi connectivity index (χ1) is 8.70. The molecule has 1 aliphatic heterocycles. The molecule has 0 radical (unpaired) electrons. The molecule has 0 spiro atoms. The zero-order chi connectivity index (χ0) is 14.6. The Balaban J connectivity index is 2.62. The van der Waals surface area contributed by atoms with Crippen LogP contribution in [-0.2, 0) is 14.3 Å². The topological polar surface area (TPSA) is 67.4 Å². The van der Waals surface area contributed by atoms with Crippen LogP contribution in [0.1, 0.15) is 41.0 Å². The van der Waals surface area contributed by atoms with Gasteiger partial charge in [0.25, 0.3) is 0 Å². The van der Waals surface area contributed by atoms with Gasteiger partial charge >= 0.3 is 5.97 Å². The van der Waals surface area contributed by atoms with Crippen LogP contribution in [0.5, 0.6) is 0 Å². The van der Waals surface area contributed by atoms with E-state index < -0.39 is 11.6 Å². The van der Waals surface area contributed by atoms with Crippen molar-refractivity contribution in [3.05, 3.63) is 0 Å². The van der Waals surface area contributed by atoms with Gasteiger partial charge in [0.1, 0.15) is 11.6 Å². The summed E-state index contributed by atoms with van der Waals surface area (Å²) in [5, 5.41) is 5.97. The number of ether oxygens (including phenoxy) is 1. The summed E-state index contributed by atoms with van der Waals surface area (Å²) in [7, 11) is 0. The third-order valence-electron chi connectivity index (χ3n) is 3.06. The summed E-state index contributed by atoms with van der Waals surface area (Å²) < 4.78 is 5.36. The zero-order valence-electron chi connectivity index (χ0n) is 12.6. The third-order valence-corrected chi connectivity index (χ3v) is 3.06. The van der Waals surface area contributed by atoms with Gasteiger partial charge in [-0.15, -0.1) is 0 Å². The van der Waals surface area contributed by atoms with Crippen LogP contribution in [0.2, 0.25) is 0 Å². The summed E-state index contributed by atoms with van der Waals surface area (Å²) in [5.74, 6) is -0.451. The second kappa shape index (κ2) is 6.37. The average Bonchev–Trinajstić information content (AvgIpc) is 2.75. The molecule has 1 aliphatic rings. The second-order valence-electron chi connectivity index (χ2n) is 6.45. The van der Waals surface area contributed by atoms with Gasteiger partial charge in [-0.25, -0.2) is 4.79 Å². The maximum absolute atomic E-state index is 12.1. The van der Waals surface area contributed by atoms with E-state index in [0.29, 0.717) is 6.54 Å². The molecule has 0 aromatic rings. The van der Waals surface area contributed by atoms with E-state index in [4.69, 9.17) is 4.74 Å². The molecule has 0 aromatic heterocycles. The van der Waals surface area contributed by atoms with Crippen molar-refractivity contribution in [3.63, 3.8) is 0 Å². The zero-order valence-corrected chi connectivity index (χ0v) is 12.6. The molecule has 1 amide bonds. The molecule has 0 aliphatic carbocycles. The first-order valence-electron chi connectivity index (χ1n) is 6.94. The lowest BCUT2D eigenvalue weighted by molar-refractivity contribution is -0.160. The lowest BCUT2D eigenvalue weighted by Gasteiger charge is -2.27. The number of carbonyl (C=O) groups is 2. The van der Waals surface area contributed by atoms with Gasteiger partial charge in [-0.2, -0.15) is 0 Å². The summed E-state index contributed by atoms with van der Waals surface area (Å²) in [4.78, 5) is 24.2. The van der Waals surface area contributed by atoms with E-state index in [-0.39, 0.29) is 23.7 Å². The van der Waals surface area contributed by atoms with Gasteiger partial charge in [0.2, 0.25) is 5.91 Å². The smallest absolute Gasteiger partial charge is 0.329 e. The fraction of sp³-hybridized carbons (Fsp3) is 0.857. The van der Waals surface area contributed by atoms with E-state index in [1.54, 1.807) is 0 Å². The normalized spacial score (nSPS) is 21.3. The molecule has 19 heavy (non-hydrogen) atoms. The molecule has 0 saturated carbocycles. The molecule has 0 aromatic carbocycles. The van der Waals surface area contributed by atoms with Crippen molar-refractivity contribution in [1.82, 2.24) is 10.6 Å². The first kappa shape index (κ1) is 16.0. The van der Waals surface area contributed by atoms with E-state index in [1.807, 2.05) is 34.6 Å². The molecule has 1 heterocycles. The monoisotopic (exact) mass is 270 g/mol. The largest absolute Gasteiger partial charge is 0.458 e. The highest BCUT2D eigenvalue weighted by atomic mass is 16.6. The minimum atomic E-state index is -0.577. The number of amides is 1. The van der Waals surface area contributed by atoms with Gasteiger partial charge in [-0.1, -0.05) is 13.8 Å². The quantitative estimate of drug-likeness (QED) is 0.750. The standard InChI is InChI=1S/C14H26N2O3/c1-9(2)11(13(18)19-14(3,4)5)16-12(17)10-6-7-15-8-10/h9-11,15H,6-8H2,1-5H3,(H,16,17)/t10?,11-/m0/s1. The molecule has 5 nitrogen and oxygen atoms in total. The fourth-order valence-electron chi connectivity index (χ4n) is 2.01. The summed E-state index contributed by atoms with van der Waals surface area (Å²) in [5.41, 5.74) is -0.538. The molecule has 1 rings (SSSR count). The predicted octanol–water partition coefficient (Wildman–Crippen LogP) is 1.08. The van der Waals surface area contributed by atoms with Crippen molar-refractivity contribution in [1.29, 1.82) is 0 Å². The van der Waals surface area contributed by atoms with Gasteiger partial charge in [0, 0.05) is 6.54 Å². The maximum Gasteiger partial charge on any atom is 0.329 e. The highest BCUT2D eigenvalue weighted by Crippen LogP contribution is 2.14. The van der Waals surface area contributed by atoms with Crippen LogP contribution in [0.4, 0.5) is 0 Å². The fourth-order valence-corrected chi connectivity index (χ4v) is 2.01. The SMILES string of the molecule is CC(C)[C@H](NC(=O)C1CCNC1)C(=O)OC(C)(C)C. The number of nitrogens with one attached hydrogen (secondary N) is 2. The van der Waals surface area contributed by atoms with E-state index in [0.717, 1.165) is 13.0 Å². The molecular weight excluding hydrogens is 244 g/mol. The van der Waals surface area contributed by atoms with Gasteiger partial charge in [-0.05, 0) is 39.7 Å². The molecule has 0 bridgehead atoms. The van der Waals surface area contributed by atoms with Crippen LogP contribution in [0.3, 0.4) is 0 Å². The van der Waals surface area contributed by atoms with Crippen LogP contribution in [-0.4, -0.2) is 36.6 Å². The first-order valence-corrected chi connectivity index (χ1v) is 6.94. The Kier molecular flexibility index (Phi) is 5.35. The Morgan fingerprint density at radius 1 is 1.32 bits per heavy atom. The van der Waals surface area contributed by atoms with Crippen molar-refractivity contribution < 1.29 is 14.3 Å². The maximum atomic E-state index is 12.1. The van der Waals surface area contributed by atoms with Crippen LogP contribution in [0.25, 0.3) is 0 Å². The second-order valence-corrected chi connectivity index (χ2v) is 6.45. The van der Waals surface area contributed by atoms with Crippen LogP contribution < -0.4 is 10.6 Å². The summed E-state index contributed by atoms with van der Waals surface area (Å²) in [6.45, 7) is 10.8. The summed E-state index contributed by atoms with van der Waals surface area (Å²) in [6, 6.07) is -0.577. The van der Waals surface area contributed by atoms with Gasteiger partial charge in [0.15, 0.2) is 0 Å². The van der Waals surface area contributed by atoms with Crippen LogP contribution >= 0.6 is 0 Å². The Hall–Kier alpha value is -1.10. The van der Waals surface area contributed by atoms with Gasteiger partial charge in [0.05, 0.1) is 5.92 Å². The highest BCUT2D eigenvalue weighted by molar-refractivity contribution is 5.86. The number of rotatable bonds is 4. The molecule has 110 valence electrons.